The molecule has 0 amide bonds. The molecule has 0 spiro atoms. The van der Waals surface area contributed by atoms with Crippen LogP contribution in [0, 0.1) is 0 Å². The molecule has 0 unspecified atom stereocenters. The van der Waals surface area contributed by atoms with Crippen LogP contribution in [-0.4, -0.2) is 11.1 Å². The molecule has 0 atom stereocenters. The summed E-state index contributed by atoms with van der Waals surface area (Å²) >= 11 is 0. The summed E-state index contributed by atoms with van der Waals surface area (Å²) in [6, 6.07) is 34.1. The van der Waals surface area contributed by atoms with Crippen LogP contribution in [0.25, 0.3) is 43.8 Å². The molecule has 1 N–H and O–H groups in total. The minimum atomic E-state index is -0.919. The maximum absolute atomic E-state index is 12.2. The van der Waals surface area contributed by atoms with Gasteiger partial charge in [0.1, 0.15) is 0 Å². The summed E-state index contributed by atoms with van der Waals surface area (Å²) in [5.41, 5.74) is 4.15. The van der Waals surface area contributed by atoms with Gasteiger partial charge in [-0.25, -0.2) is 4.79 Å². The number of rotatable bonds is 3. The Morgan fingerprint density at radius 2 is 1.10 bits per heavy atom. The van der Waals surface area contributed by atoms with E-state index in [1.807, 2.05) is 60.7 Å². The predicted molar refractivity (Wildman–Crippen MR) is 119 cm³/mol. The molecule has 2 heteroatoms. The Balaban J connectivity index is 2.01. The number of benzene rings is 5. The van der Waals surface area contributed by atoms with Gasteiger partial charge in [-0.1, -0.05) is 97.1 Å². The maximum Gasteiger partial charge on any atom is 0.336 e. The van der Waals surface area contributed by atoms with Crippen molar-refractivity contribution >= 4 is 27.5 Å². The van der Waals surface area contributed by atoms with E-state index in [2.05, 4.69) is 36.4 Å². The van der Waals surface area contributed by atoms with E-state index in [4.69, 9.17) is 0 Å². The Labute approximate surface area is 168 Å². The van der Waals surface area contributed by atoms with Crippen LogP contribution in [0.1, 0.15) is 10.4 Å². The lowest BCUT2D eigenvalue weighted by Crippen LogP contribution is -2.01. The zero-order valence-electron chi connectivity index (χ0n) is 15.7. The van der Waals surface area contributed by atoms with E-state index in [-0.39, 0.29) is 0 Å². The summed E-state index contributed by atoms with van der Waals surface area (Å²) in [6.07, 6.45) is 0. The van der Waals surface area contributed by atoms with E-state index in [9.17, 15) is 9.90 Å². The minimum Gasteiger partial charge on any atom is -0.478 e. The van der Waals surface area contributed by atoms with Crippen molar-refractivity contribution in [3.8, 4) is 22.3 Å². The molecule has 5 rings (SSSR count). The fourth-order valence-corrected chi connectivity index (χ4v) is 4.12. The summed E-state index contributed by atoms with van der Waals surface area (Å²) in [5.74, 6) is -0.919. The zero-order chi connectivity index (χ0) is 19.8. The van der Waals surface area contributed by atoms with E-state index in [1.54, 1.807) is 6.07 Å². The number of hydrogen-bond donors (Lipinski definition) is 1. The molecule has 0 saturated carbocycles. The van der Waals surface area contributed by atoms with Crippen LogP contribution in [0.3, 0.4) is 0 Å². The fraction of sp³-hybridized carbons (Fsp3) is 0. The monoisotopic (exact) mass is 374 g/mol. The molecular formula is C27H18O2. The molecule has 0 radical (unpaired) electrons. The Morgan fingerprint density at radius 3 is 1.76 bits per heavy atom. The average molecular weight is 374 g/mol. The molecule has 138 valence electrons. The SMILES string of the molecule is O=C(O)c1ccc2ccccc2c1-c1c(-c2ccccc2)ccc2ccccc12. The quantitative estimate of drug-likeness (QED) is 0.368. The normalized spacial score (nSPS) is 11.0. The van der Waals surface area contributed by atoms with Gasteiger partial charge in [-0.05, 0) is 44.3 Å². The molecule has 29 heavy (non-hydrogen) atoms. The van der Waals surface area contributed by atoms with Crippen LogP contribution in [0.5, 0.6) is 0 Å². The van der Waals surface area contributed by atoms with Gasteiger partial charge in [-0.2, -0.15) is 0 Å². The number of hydrogen-bond acceptors (Lipinski definition) is 1. The summed E-state index contributed by atoms with van der Waals surface area (Å²) < 4.78 is 0. The van der Waals surface area contributed by atoms with Gasteiger partial charge < -0.3 is 5.11 Å². The zero-order valence-corrected chi connectivity index (χ0v) is 15.7. The van der Waals surface area contributed by atoms with Crippen LogP contribution < -0.4 is 0 Å². The van der Waals surface area contributed by atoms with E-state index in [0.29, 0.717) is 5.56 Å². The first-order valence-corrected chi connectivity index (χ1v) is 9.56. The van der Waals surface area contributed by atoms with E-state index < -0.39 is 5.97 Å². The number of carbonyl (C=O) groups is 1. The molecule has 0 aliphatic carbocycles. The van der Waals surface area contributed by atoms with Gasteiger partial charge in [0.25, 0.3) is 0 Å². The van der Waals surface area contributed by atoms with Crippen LogP contribution in [0.15, 0.2) is 103 Å². The third-order valence-corrected chi connectivity index (χ3v) is 5.42. The first-order valence-electron chi connectivity index (χ1n) is 9.56. The molecule has 5 aromatic rings. The van der Waals surface area contributed by atoms with Crippen molar-refractivity contribution in [2.45, 2.75) is 0 Å². The van der Waals surface area contributed by atoms with Crippen LogP contribution in [-0.2, 0) is 0 Å². The molecule has 0 aliphatic heterocycles. The van der Waals surface area contributed by atoms with E-state index >= 15 is 0 Å². The smallest absolute Gasteiger partial charge is 0.336 e. The summed E-state index contributed by atoms with van der Waals surface area (Å²) in [7, 11) is 0. The predicted octanol–water partition coefficient (Wildman–Crippen LogP) is 7.03. The van der Waals surface area contributed by atoms with Gasteiger partial charge in [0.2, 0.25) is 0 Å². The summed E-state index contributed by atoms with van der Waals surface area (Å²) in [5, 5.41) is 14.1. The molecule has 0 heterocycles. The van der Waals surface area contributed by atoms with E-state index in [1.165, 1.54) is 0 Å². The van der Waals surface area contributed by atoms with Gasteiger partial charge in [-0.3, -0.25) is 0 Å². The first kappa shape index (κ1) is 17.2. The Bertz CT molecular complexity index is 1370. The average Bonchev–Trinajstić information content (AvgIpc) is 2.78. The van der Waals surface area contributed by atoms with Crippen molar-refractivity contribution in [3.63, 3.8) is 0 Å². The third kappa shape index (κ3) is 2.86. The minimum absolute atomic E-state index is 0.317. The Morgan fingerprint density at radius 1 is 0.552 bits per heavy atom. The van der Waals surface area contributed by atoms with Gasteiger partial charge in [-0.15, -0.1) is 0 Å². The van der Waals surface area contributed by atoms with Crippen molar-refractivity contribution in [1.29, 1.82) is 0 Å². The van der Waals surface area contributed by atoms with Crippen LogP contribution >= 0.6 is 0 Å². The Hall–Kier alpha value is -3.91. The molecule has 0 fully saturated rings. The van der Waals surface area contributed by atoms with Crippen molar-refractivity contribution in [1.82, 2.24) is 0 Å². The molecule has 0 aromatic heterocycles. The highest BCUT2D eigenvalue weighted by Crippen LogP contribution is 2.42. The third-order valence-electron chi connectivity index (χ3n) is 5.42. The van der Waals surface area contributed by atoms with Gasteiger partial charge in [0.05, 0.1) is 5.56 Å². The summed E-state index contributed by atoms with van der Waals surface area (Å²) in [6.45, 7) is 0. The van der Waals surface area contributed by atoms with Gasteiger partial charge in [0.15, 0.2) is 0 Å². The topological polar surface area (TPSA) is 37.3 Å². The highest BCUT2D eigenvalue weighted by Gasteiger charge is 2.20. The second-order valence-corrected chi connectivity index (χ2v) is 7.09. The highest BCUT2D eigenvalue weighted by atomic mass is 16.4. The van der Waals surface area contributed by atoms with Gasteiger partial charge in [0, 0.05) is 5.56 Å². The molecule has 0 saturated heterocycles. The standard InChI is InChI=1S/C27H18O2/c28-27(29)24-17-15-20-11-5-7-13-22(20)26(24)25-21-12-6-4-10-19(21)14-16-23(25)18-8-2-1-3-9-18/h1-17H,(H,28,29). The van der Waals surface area contributed by atoms with Crippen molar-refractivity contribution in [3.05, 3.63) is 109 Å². The second-order valence-electron chi connectivity index (χ2n) is 7.09. The lowest BCUT2D eigenvalue weighted by Gasteiger charge is -2.18. The first-order chi connectivity index (χ1) is 14.2. The van der Waals surface area contributed by atoms with E-state index in [0.717, 1.165) is 43.8 Å². The molecular weight excluding hydrogens is 356 g/mol. The molecule has 5 aromatic carbocycles. The second kappa shape index (κ2) is 6.92. The van der Waals surface area contributed by atoms with Crippen LogP contribution in [0.4, 0.5) is 0 Å². The molecule has 2 nitrogen and oxygen atoms in total. The number of fused-ring (bicyclic) bond motifs is 2. The lowest BCUT2D eigenvalue weighted by atomic mass is 9.85. The maximum atomic E-state index is 12.2. The molecule has 0 bridgehead atoms. The van der Waals surface area contributed by atoms with Gasteiger partial charge >= 0.3 is 5.97 Å². The van der Waals surface area contributed by atoms with Crippen molar-refractivity contribution in [2.24, 2.45) is 0 Å². The lowest BCUT2D eigenvalue weighted by molar-refractivity contribution is 0.0698. The Kier molecular flexibility index (Phi) is 4.10. The van der Waals surface area contributed by atoms with Crippen molar-refractivity contribution in [2.75, 3.05) is 0 Å². The number of carboxylic acids is 1. The summed E-state index contributed by atoms with van der Waals surface area (Å²) in [4.78, 5) is 12.2. The fourth-order valence-electron chi connectivity index (χ4n) is 4.12. The number of aromatic carboxylic acids is 1. The van der Waals surface area contributed by atoms with Crippen LogP contribution in [0.2, 0.25) is 0 Å². The molecule has 0 aliphatic rings. The van der Waals surface area contributed by atoms with Crippen molar-refractivity contribution < 1.29 is 9.90 Å². The highest BCUT2D eigenvalue weighted by molar-refractivity contribution is 6.16. The number of carboxylic acid groups (broad SMARTS) is 1. The largest absolute Gasteiger partial charge is 0.478 e.